The minimum atomic E-state index is 0.0722. The molecule has 2 aromatic heterocycles. The Kier molecular flexibility index (Phi) is 6.98. The van der Waals surface area contributed by atoms with E-state index in [0.29, 0.717) is 12.8 Å². The second kappa shape index (κ2) is 9.91. The van der Waals surface area contributed by atoms with Crippen molar-refractivity contribution in [1.82, 2.24) is 24.8 Å². The van der Waals surface area contributed by atoms with Gasteiger partial charge in [0.15, 0.2) is 5.65 Å². The SMILES string of the molecule is COc1ccccc1CN1CCC[C@H]1c1cc2nc(C)c(CCC(=O)NC(C)C)c(C)n2n1. The summed E-state index contributed by atoms with van der Waals surface area (Å²) in [4.78, 5) is 19.5. The number of carbonyl (C=O) groups excluding carboxylic acids is 1. The minimum Gasteiger partial charge on any atom is -0.496 e. The maximum atomic E-state index is 12.2. The zero-order valence-corrected chi connectivity index (χ0v) is 20.4. The molecular weight excluding hydrogens is 414 g/mol. The molecule has 0 radical (unpaired) electrons. The van der Waals surface area contributed by atoms with Crippen LogP contribution >= 0.6 is 0 Å². The molecule has 3 aromatic rings. The number of aryl methyl sites for hydroxylation is 2. The van der Waals surface area contributed by atoms with Gasteiger partial charge in [-0.05, 0) is 65.1 Å². The second-order valence-corrected chi connectivity index (χ2v) is 9.26. The van der Waals surface area contributed by atoms with Gasteiger partial charge in [0.1, 0.15) is 5.75 Å². The number of likely N-dealkylation sites (tertiary alicyclic amines) is 1. The van der Waals surface area contributed by atoms with E-state index in [1.54, 1.807) is 7.11 Å². The maximum absolute atomic E-state index is 12.2. The number of hydrogen-bond acceptors (Lipinski definition) is 5. The lowest BCUT2D eigenvalue weighted by Crippen LogP contribution is -2.30. The van der Waals surface area contributed by atoms with Crippen LogP contribution in [0.1, 0.15) is 67.4 Å². The molecule has 1 amide bonds. The molecule has 1 aromatic carbocycles. The zero-order chi connectivity index (χ0) is 23.5. The quantitative estimate of drug-likeness (QED) is 0.559. The van der Waals surface area contributed by atoms with Crippen LogP contribution in [0.5, 0.6) is 5.75 Å². The number of benzene rings is 1. The molecule has 0 aliphatic carbocycles. The summed E-state index contributed by atoms with van der Waals surface area (Å²) in [5.74, 6) is 1.00. The van der Waals surface area contributed by atoms with Gasteiger partial charge in [0.2, 0.25) is 5.91 Å². The van der Waals surface area contributed by atoms with E-state index in [0.717, 1.165) is 60.0 Å². The van der Waals surface area contributed by atoms with Crippen molar-refractivity contribution in [3.63, 3.8) is 0 Å². The van der Waals surface area contributed by atoms with Crippen LogP contribution in [0, 0.1) is 13.8 Å². The van der Waals surface area contributed by atoms with Crippen molar-refractivity contribution in [2.24, 2.45) is 0 Å². The Morgan fingerprint density at radius 2 is 2.06 bits per heavy atom. The van der Waals surface area contributed by atoms with E-state index < -0.39 is 0 Å². The molecule has 1 atom stereocenters. The Morgan fingerprint density at radius 1 is 1.27 bits per heavy atom. The van der Waals surface area contributed by atoms with Gasteiger partial charge in [-0.1, -0.05) is 18.2 Å². The summed E-state index contributed by atoms with van der Waals surface area (Å²) in [5.41, 5.74) is 6.28. The van der Waals surface area contributed by atoms with Gasteiger partial charge in [0.25, 0.3) is 0 Å². The summed E-state index contributed by atoms with van der Waals surface area (Å²) in [7, 11) is 1.73. The van der Waals surface area contributed by atoms with Crippen LogP contribution in [0.4, 0.5) is 0 Å². The number of nitrogens with zero attached hydrogens (tertiary/aromatic N) is 4. The summed E-state index contributed by atoms with van der Waals surface area (Å²) < 4.78 is 7.52. The molecule has 33 heavy (non-hydrogen) atoms. The first-order chi connectivity index (χ1) is 15.9. The van der Waals surface area contributed by atoms with Crippen LogP contribution in [0.25, 0.3) is 5.65 Å². The van der Waals surface area contributed by atoms with Crippen LogP contribution in [0.15, 0.2) is 30.3 Å². The summed E-state index contributed by atoms with van der Waals surface area (Å²) in [6, 6.07) is 10.8. The highest BCUT2D eigenvalue weighted by Gasteiger charge is 2.29. The molecule has 1 fully saturated rings. The van der Waals surface area contributed by atoms with Gasteiger partial charge < -0.3 is 10.1 Å². The van der Waals surface area contributed by atoms with Crippen LogP contribution in [0.3, 0.4) is 0 Å². The topological polar surface area (TPSA) is 71.8 Å². The number of hydrogen-bond donors (Lipinski definition) is 1. The number of carbonyl (C=O) groups is 1. The van der Waals surface area contributed by atoms with E-state index in [9.17, 15) is 4.79 Å². The normalized spacial score (nSPS) is 16.6. The van der Waals surface area contributed by atoms with Gasteiger partial charge in [-0.3, -0.25) is 9.69 Å². The predicted molar refractivity (Wildman–Crippen MR) is 129 cm³/mol. The Balaban J connectivity index is 1.57. The first-order valence-corrected chi connectivity index (χ1v) is 11.9. The predicted octanol–water partition coefficient (Wildman–Crippen LogP) is 4.15. The third-order valence-corrected chi connectivity index (χ3v) is 6.51. The summed E-state index contributed by atoms with van der Waals surface area (Å²) >= 11 is 0. The monoisotopic (exact) mass is 449 g/mol. The maximum Gasteiger partial charge on any atom is 0.220 e. The molecular formula is C26H35N5O2. The van der Waals surface area contributed by atoms with E-state index in [-0.39, 0.29) is 18.0 Å². The standard InChI is InChI=1S/C26H35N5O2/c1-17(2)27-26(32)13-12-21-18(3)28-25-15-22(29-31(25)19(21)4)23-10-8-14-30(23)16-20-9-6-7-11-24(20)33-5/h6-7,9,11,15,17,23H,8,10,12-14,16H2,1-5H3,(H,27,32)/t23-/m0/s1. The number of fused-ring (bicyclic) bond motifs is 1. The highest BCUT2D eigenvalue weighted by Crippen LogP contribution is 2.34. The van der Waals surface area contributed by atoms with Crippen molar-refractivity contribution in [2.75, 3.05) is 13.7 Å². The minimum absolute atomic E-state index is 0.0722. The lowest BCUT2D eigenvalue weighted by Gasteiger charge is -2.23. The molecule has 0 unspecified atom stereocenters. The van der Waals surface area contributed by atoms with Crippen molar-refractivity contribution in [3.05, 3.63) is 58.5 Å². The summed E-state index contributed by atoms with van der Waals surface area (Å²) in [6.45, 7) is 9.94. The molecule has 1 N–H and O–H groups in total. The Bertz CT molecular complexity index is 1140. The molecule has 7 heteroatoms. The highest BCUT2D eigenvalue weighted by atomic mass is 16.5. The Hall–Kier alpha value is -2.93. The van der Waals surface area contributed by atoms with E-state index in [4.69, 9.17) is 14.8 Å². The highest BCUT2D eigenvalue weighted by molar-refractivity contribution is 5.76. The molecule has 3 heterocycles. The van der Waals surface area contributed by atoms with Crippen LogP contribution in [-0.2, 0) is 17.8 Å². The third-order valence-electron chi connectivity index (χ3n) is 6.51. The number of para-hydroxylation sites is 1. The number of aromatic nitrogens is 3. The molecule has 0 spiro atoms. The van der Waals surface area contributed by atoms with Gasteiger partial charge >= 0.3 is 0 Å². The van der Waals surface area contributed by atoms with Crippen molar-refractivity contribution in [1.29, 1.82) is 0 Å². The van der Waals surface area contributed by atoms with Crippen LogP contribution in [0.2, 0.25) is 0 Å². The molecule has 1 saturated heterocycles. The molecule has 7 nitrogen and oxygen atoms in total. The third kappa shape index (κ3) is 5.03. The fraction of sp³-hybridized carbons (Fsp3) is 0.500. The van der Waals surface area contributed by atoms with E-state index in [1.165, 1.54) is 5.56 Å². The average molecular weight is 450 g/mol. The first kappa shape index (κ1) is 23.2. The smallest absolute Gasteiger partial charge is 0.220 e. The summed E-state index contributed by atoms with van der Waals surface area (Å²) in [5, 5.41) is 7.95. The molecule has 0 bridgehead atoms. The van der Waals surface area contributed by atoms with Gasteiger partial charge in [-0.2, -0.15) is 5.10 Å². The number of methoxy groups -OCH3 is 1. The number of ether oxygens (including phenoxy) is 1. The van der Waals surface area contributed by atoms with Crippen molar-refractivity contribution >= 4 is 11.6 Å². The van der Waals surface area contributed by atoms with Crippen molar-refractivity contribution < 1.29 is 9.53 Å². The number of rotatable bonds is 8. The molecule has 176 valence electrons. The Morgan fingerprint density at radius 3 is 2.82 bits per heavy atom. The largest absolute Gasteiger partial charge is 0.496 e. The molecule has 1 aliphatic heterocycles. The molecule has 4 rings (SSSR count). The first-order valence-electron chi connectivity index (χ1n) is 11.9. The van der Waals surface area contributed by atoms with Gasteiger partial charge in [0, 0.05) is 42.0 Å². The van der Waals surface area contributed by atoms with E-state index >= 15 is 0 Å². The zero-order valence-electron chi connectivity index (χ0n) is 20.4. The van der Waals surface area contributed by atoms with Gasteiger partial charge in [-0.15, -0.1) is 0 Å². The van der Waals surface area contributed by atoms with E-state index in [1.807, 2.05) is 37.4 Å². The van der Waals surface area contributed by atoms with Crippen molar-refractivity contribution in [2.45, 2.75) is 72.0 Å². The number of amides is 1. The van der Waals surface area contributed by atoms with Gasteiger partial charge in [0.05, 0.1) is 18.8 Å². The van der Waals surface area contributed by atoms with E-state index in [2.05, 4.69) is 35.3 Å². The lowest BCUT2D eigenvalue weighted by atomic mass is 10.1. The summed E-state index contributed by atoms with van der Waals surface area (Å²) in [6.07, 6.45) is 3.35. The van der Waals surface area contributed by atoms with Crippen molar-refractivity contribution in [3.8, 4) is 5.75 Å². The molecule has 1 aliphatic rings. The average Bonchev–Trinajstić information content (AvgIpc) is 3.40. The fourth-order valence-electron chi connectivity index (χ4n) is 4.90. The molecule has 0 saturated carbocycles. The Labute approximate surface area is 196 Å². The van der Waals surface area contributed by atoms with Gasteiger partial charge in [-0.25, -0.2) is 9.50 Å². The van der Waals surface area contributed by atoms with Crippen LogP contribution in [-0.4, -0.2) is 45.1 Å². The van der Waals surface area contributed by atoms with Crippen LogP contribution < -0.4 is 10.1 Å². The number of nitrogens with one attached hydrogen (secondary N) is 1. The lowest BCUT2D eigenvalue weighted by molar-refractivity contribution is -0.121. The fourth-order valence-corrected chi connectivity index (χ4v) is 4.90. The second-order valence-electron chi connectivity index (χ2n) is 9.26.